The molecule has 0 amide bonds. The maximum absolute atomic E-state index is 13.4. The first-order valence-electron chi connectivity index (χ1n) is 11.5. The first-order chi connectivity index (χ1) is 15.9. The van der Waals surface area contributed by atoms with Crippen LogP contribution in [0, 0.1) is 6.92 Å². The number of aryl methyl sites for hydroxylation is 3. The minimum atomic E-state index is -4.35. The monoisotopic (exact) mass is 470 g/mol. The van der Waals surface area contributed by atoms with E-state index < -0.39 is 22.3 Å². The fourth-order valence-corrected chi connectivity index (χ4v) is 6.47. The number of amidine groups is 1. The van der Waals surface area contributed by atoms with E-state index in [1.807, 2.05) is 6.92 Å². The van der Waals surface area contributed by atoms with Gasteiger partial charge in [0.2, 0.25) is 0 Å². The molecule has 0 atom stereocenters. The van der Waals surface area contributed by atoms with Crippen LogP contribution in [0.2, 0.25) is 0 Å². The van der Waals surface area contributed by atoms with Crippen LogP contribution in [-0.2, 0) is 40.6 Å². The Bertz CT molecular complexity index is 1160. The third kappa shape index (κ3) is 4.41. The van der Waals surface area contributed by atoms with Crippen LogP contribution < -0.4 is 14.7 Å². The van der Waals surface area contributed by atoms with Crippen molar-refractivity contribution in [2.24, 2.45) is 4.40 Å². The van der Waals surface area contributed by atoms with E-state index in [4.69, 9.17) is 4.74 Å². The highest BCUT2D eigenvalue weighted by atomic mass is 32.2. The molecular formula is C23H28N5O4S-. The smallest absolute Gasteiger partial charge is 0.347 e. The van der Waals surface area contributed by atoms with Crippen LogP contribution in [0.3, 0.4) is 0 Å². The Kier molecular flexibility index (Phi) is 5.96. The topological polar surface area (TPSA) is 120 Å². The van der Waals surface area contributed by atoms with Gasteiger partial charge < -0.3 is 15.2 Å². The number of nitrogens with zero attached hydrogens (tertiary/aromatic N) is 4. The van der Waals surface area contributed by atoms with Crippen molar-refractivity contribution in [3.8, 4) is 0 Å². The molecule has 1 aromatic carbocycles. The molecule has 0 saturated carbocycles. The summed E-state index contributed by atoms with van der Waals surface area (Å²) in [5, 5.41) is 23.8. The number of hydrogen-bond donors (Lipinski definition) is 1. The van der Waals surface area contributed by atoms with Crippen LogP contribution >= 0.6 is 0 Å². The second kappa shape index (κ2) is 8.90. The summed E-state index contributed by atoms with van der Waals surface area (Å²) in [4.78, 5) is 0. The molecular weight excluding hydrogens is 442 g/mol. The lowest BCUT2D eigenvalue weighted by atomic mass is 9.99. The maximum atomic E-state index is 13.4. The van der Waals surface area contributed by atoms with Crippen molar-refractivity contribution in [3.63, 3.8) is 0 Å². The molecule has 33 heavy (non-hydrogen) atoms. The molecule has 2 aliphatic carbocycles. The molecule has 0 unspecified atom stereocenters. The summed E-state index contributed by atoms with van der Waals surface area (Å²) in [6.07, 6.45) is 8.38. The van der Waals surface area contributed by atoms with Crippen LogP contribution in [0.25, 0.3) is 0 Å². The van der Waals surface area contributed by atoms with Crippen molar-refractivity contribution >= 4 is 27.7 Å². The number of aromatic nitrogens is 2. The molecule has 5 rings (SSSR count). The lowest BCUT2D eigenvalue weighted by Gasteiger charge is -2.33. The Balaban J connectivity index is 1.49. The van der Waals surface area contributed by atoms with Crippen LogP contribution in [-0.4, -0.2) is 43.9 Å². The lowest BCUT2D eigenvalue weighted by molar-refractivity contribution is -0.213. The molecule has 9 nitrogen and oxygen atoms in total. The van der Waals surface area contributed by atoms with Gasteiger partial charge in [0.1, 0.15) is 0 Å². The normalized spacial score (nSPS) is 18.8. The molecule has 10 heteroatoms. The number of hydrogen-bond acceptors (Lipinski definition) is 6. The summed E-state index contributed by atoms with van der Waals surface area (Å²) in [7, 11) is -4.35. The third-order valence-corrected chi connectivity index (χ3v) is 8.06. The SMILES string of the molecule is Cc1cnnc(N(C2CCOCC2)S(=O)(=O)/N=C(\[O-])Nc2c3c(cc4c2CCC4)CCC3)c1. The van der Waals surface area contributed by atoms with Gasteiger partial charge in [-0.1, -0.05) is 6.07 Å². The van der Waals surface area contributed by atoms with Crippen molar-refractivity contribution in [2.45, 2.75) is 64.3 Å². The van der Waals surface area contributed by atoms with Gasteiger partial charge in [0, 0.05) is 18.9 Å². The van der Waals surface area contributed by atoms with Crippen molar-refractivity contribution in [1.29, 1.82) is 0 Å². The largest absolute Gasteiger partial charge is 0.845 e. The van der Waals surface area contributed by atoms with E-state index in [9.17, 15) is 13.5 Å². The van der Waals surface area contributed by atoms with Gasteiger partial charge in [0.15, 0.2) is 5.82 Å². The molecule has 1 aliphatic heterocycles. The molecule has 1 fully saturated rings. The van der Waals surface area contributed by atoms with Crippen LogP contribution in [0.5, 0.6) is 0 Å². The Morgan fingerprint density at radius 2 is 1.79 bits per heavy atom. The average molecular weight is 471 g/mol. The Morgan fingerprint density at radius 3 is 2.42 bits per heavy atom. The fourth-order valence-electron chi connectivity index (χ4n) is 5.22. The van der Waals surface area contributed by atoms with Crippen LogP contribution in [0.15, 0.2) is 22.7 Å². The van der Waals surface area contributed by atoms with Gasteiger partial charge in [-0.25, -0.2) is 4.31 Å². The van der Waals surface area contributed by atoms with Crippen LogP contribution in [0.1, 0.15) is 53.5 Å². The second-order valence-corrected chi connectivity index (χ2v) is 10.4. The Hall–Kier alpha value is -2.72. The van der Waals surface area contributed by atoms with E-state index in [1.165, 1.54) is 11.1 Å². The molecule has 0 bridgehead atoms. The first-order valence-corrected chi connectivity index (χ1v) is 12.9. The quantitative estimate of drug-likeness (QED) is 0.523. The third-order valence-electron chi connectivity index (χ3n) is 6.68. The van der Waals surface area contributed by atoms with E-state index in [1.54, 1.807) is 12.3 Å². The lowest BCUT2D eigenvalue weighted by Crippen LogP contribution is -2.44. The molecule has 1 N–H and O–H groups in total. The number of benzene rings is 1. The Labute approximate surface area is 194 Å². The van der Waals surface area contributed by atoms with E-state index in [-0.39, 0.29) is 5.82 Å². The minimum absolute atomic E-state index is 0.167. The predicted octanol–water partition coefficient (Wildman–Crippen LogP) is 1.82. The summed E-state index contributed by atoms with van der Waals surface area (Å²) in [6.45, 7) is 2.68. The summed E-state index contributed by atoms with van der Waals surface area (Å²) in [5.41, 5.74) is 6.31. The van der Waals surface area contributed by atoms with Gasteiger partial charge >= 0.3 is 10.2 Å². The number of fused-ring (bicyclic) bond motifs is 2. The standard InChI is InChI=1S/C23H29N5O4S/c1-15-12-21(26-24-14-15)28(18-8-10-32-11-9-18)33(30,31)27-23(29)25-22-19-6-2-4-16(19)13-17-5-3-7-20(17)22/h12-14,18H,2-11H2,1H3,(H2,25,27,29)/p-1. The predicted molar refractivity (Wildman–Crippen MR) is 124 cm³/mol. The maximum Gasteiger partial charge on any atom is 0.347 e. The van der Waals surface area contributed by atoms with Gasteiger partial charge in [-0.2, -0.15) is 13.5 Å². The van der Waals surface area contributed by atoms with Gasteiger partial charge in [-0.15, -0.1) is 9.50 Å². The molecule has 1 aromatic heterocycles. The number of nitrogens with one attached hydrogen (secondary N) is 1. The zero-order valence-corrected chi connectivity index (χ0v) is 19.5. The summed E-state index contributed by atoms with van der Waals surface area (Å²) in [6, 6.07) is 2.63. The van der Waals surface area contributed by atoms with Crippen molar-refractivity contribution in [2.75, 3.05) is 22.8 Å². The Morgan fingerprint density at radius 1 is 1.12 bits per heavy atom. The average Bonchev–Trinajstić information content (AvgIpc) is 3.43. The zero-order chi connectivity index (χ0) is 23.0. The molecule has 3 aliphatic rings. The van der Waals surface area contributed by atoms with E-state index in [2.05, 4.69) is 26.0 Å². The van der Waals surface area contributed by atoms with Gasteiger partial charge in [-0.05, 0) is 92.2 Å². The van der Waals surface area contributed by atoms with Crippen molar-refractivity contribution in [3.05, 3.63) is 46.1 Å². The van der Waals surface area contributed by atoms with Crippen molar-refractivity contribution in [1.82, 2.24) is 10.2 Å². The van der Waals surface area contributed by atoms with E-state index in [0.29, 0.717) is 26.1 Å². The first kappa shape index (κ1) is 22.1. The molecule has 176 valence electrons. The molecule has 1 saturated heterocycles. The van der Waals surface area contributed by atoms with Crippen molar-refractivity contribution < 1.29 is 18.3 Å². The summed E-state index contributed by atoms with van der Waals surface area (Å²) < 4.78 is 37.0. The van der Waals surface area contributed by atoms with Crippen LogP contribution in [0.4, 0.5) is 11.5 Å². The highest BCUT2D eigenvalue weighted by Gasteiger charge is 2.33. The molecule has 2 aromatic rings. The highest BCUT2D eigenvalue weighted by molar-refractivity contribution is 7.91. The number of anilines is 2. The second-order valence-electron chi connectivity index (χ2n) is 8.96. The van der Waals surface area contributed by atoms with E-state index >= 15 is 0 Å². The zero-order valence-electron chi connectivity index (χ0n) is 18.7. The minimum Gasteiger partial charge on any atom is -0.845 e. The molecule has 2 heterocycles. The van der Waals surface area contributed by atoms with Gasteiger partial charge in [-0.3, -0.25) is 0 Å². The molecule has 0 radical (unpaired) electrons. The summed E-state index contributed by atoms with van der Waals surface area (Å²) in [5.74, 6) is 0.167. The fraction of sp³-hybridized carbons (Fsp3) is 0.522. The summed E-state index contributed by atoms with van der Waals surface area (Å²) >= 11 is 0. The highest BCUT2D eigenvalue weighted by Crippen LogP contribution is 2.38. The van der Waals surface area contributed by atoms with Gasteiger partial charge in [0.25, 0.3) is 0 Å². The number of ether oxygens (including phenoxy) is 1. The molecule has 0 spiro atoms. The van der Waals surface area contributed by atoms with E-state index in [0.717, 1.165) is 65.2 Å². The number of rotatable bonds is 5. The van der Waals surface area contributed by atoms with Gasteiger partial charge in [0.05, 0.1) is 18.3 Å².